The molecule has 0 saturated carbocycles. The molecule has 1 fully saturated rings. The summed E-state index contributed by atoms with van der Waals surface area (Å²) in [6, 6.07) is 2.74. The maximum Gasteiger partial charge on any atom is 0.243 e. The second-order valence-electron chi connectivity index (χ2n) is 5.82. The number of halogens is 2. The average Bonchev–Trinajstić information content (AvgIpc) is 2.67. The smallest absolute Gasteiger partial charge is 0.243 e. The number of phenolic OH excluding ortho intramolecular Hbond substituents is 1. The van der Waals surface area contributed by atoms with Crippen LogP contribution in [0.3, 0.4) is 0 Å². The predicted molar refractivity (Wildman–Crippen MR) is 103 cm³/mol. The summed E-state index contributed by atoms with van der Waals surface area (Å²) in [7, 11) is 0. The quantitative estimate of drug-likeness (QED) is 0.477. The van der Waals surface area contributed by atoms with Gasteiger partial charge in [0.25, 0.3) is 0 Å². The van der Waals surface area contributed by atoms with E-state index in [2.05, 4.69) is 17.2 Å². The maximum atomic E-state index is 12.3. The van der Waals surface area contributed by atoms with Gasteiger partial charge in [0.05, 0.1) is 28.8 Å². The van der Waals surface area contributed by atoms with E-state index in [0.717, 1.165) is 6.08 Å². The molecule has 1 aromatic rings. The van der Waals surface area contributed by atoms with Crippen molar-refractivity contribution < 1.29 is 19.5 Å². The van der Waals surface area contributed by atoms with Gasteiger partial charge in [0.15, 0.2) is 0 Å². The highest BCUT2D eigenvalue weighted by molar-refractivity contribution is 6.42. The van der Waals surface area contributed by atoms with Crippen LogP contribution in [-0.2, 0) is 14.4 Å². The number of piperazine rings is 1. The molecule has 1 aliphatic rings. The Balaban J connectivity index is 1.79. The van der Waals surface area contributed by atoms with Gasteiger partial charge in [-0.2, -0.15) is 0 Å². The molecule has 1 aromatic carbocycles. The zero-order valence-electron chi connectivity index (χ0n) is 14.5. The number of aromatic hydroxyl groups is 1. The summed E-state index contributed by atoms with van der Waals surface area (Å²) >= 11 is 11.7. The van der Waals surface area contributed by atoms with Crippen molar-refractivity contribution in [3.8, 4) is 5.75 Å². The molecule has 0 aliphatic carbocycles. The molecule has 146 valence electrons. The van der Waals surface area contributed by atoms with Crippen molar-refractivity contribution in [1.82, 2.24) is 15.1 Å². The molecule has 27 heavy (non-hydrogen) atoms. The van der Waals surface area contributed by atoms with Gasteiger partial charge in [-0.3, -0.25) is 14.4 Å². The minimum absolute atomic E-state index is 0.0329. The summed E-state index contributed by atoms with van der Waals surface area (Å²) in [4.78, 5) is 38.6. The number of hydrogen-bond donors (Lipinski definition) is 3. The van der Waals surface area contributed by atoms with Crippen molar-refractivity contribution in [2.24, 2.45) is 0 Å². The van der Waals surface area contributed by atoms with Crippen LogP contribution in [0.4, 0.5) is 5.69 Å². The zero-order chi connectivity index (χ0) is 20.0. The van der Waals surface area contributed by atoms with Crippen LogP contribution in [-0.4, -0.2) is 71.9 Å². The molecule has 3 amide bonds. The van der Waals surface area contributed by atoms with Crippen LogP contribution < -0.4 is 10.6 Å². The van der Waals surface area contributed by atoms with Crippen LogP contribution in [0.5, 0.6) is 5.75 Å². The Morgan fingerprint density at radius 1 is 1.04 bits per heavy atom. The highest BCUT2D eigenvalue weighted by Crippen LogP contribution is 2.33. The van der Waals surface area contributed by atoms with Gasteiger partial charge >= 0.3 is 0 Å². The first kappa shape index (κ1) is 20.9. The number of hydrogen-bond acceptors (Lipinski definition) is 5. The number of nitrogens with zero attached hydrogens (tertiary/aromatic N) is 2. The third kappa shape index (κ3) is 5.77. The van der Waals surface area contributed by atoms with E-state index in [9.17, 15) is 19.5 Å². The molecule has 0 aromatic heterocycles. The largest absolute Gasteiger partial charge is 0.506 e. The lowest BCUT2D eigenvalue weighted by molar-refractivity contribution is -0.138. The molecule has 2 rings (SSSR count). The number of carbonyl (C=O) groups is 3. The first-order valence-corrected chi connectivity index (χ1v) is 8.95. The van der Waals surface area contributed by atoms with Crippen LogP contribution in [0.1, 0.15) is 0 Å². The van der Waals surface area contributed by atoms with E-state index in [4.69, 9.17) is 23.2 Å². The summed E-state index contributed by atoms with van der Waals surface area (Å²) in [6.45, 7) is 4.72. The number of carbonyl (C=O) groups excluding carboxylic acids is 3. The molecular formula is C17H20Cl2N4O4. The Hall–Kier alpha value is -2.45. The third-order valence-corrected chi connectivity index (χ3v) is 4.78. The molecule has 0 spiro atoms. The molecule has 1 saturated heterocycles. The van der Waals surface area contributed by atoms with Crippen molar-refractivity contribution in [2.45, 2.75) is 0 Å². The van der Waals surface area contributed by atoms with E-state index in [-0.39, 0.29) is 40.7 Å². The van der Waals surface area contributed by atoms with E-state index >= 15 is 0 Å². The van der Waals surface area contributed by atoms with Crippen LogP contribution in [0.15, 0.2) is 24.8 Å². The Kier molecular flexibility index (Phi) is 7.32. The first-order valence-electron chi connectivity index (χ1n) is 8.19. The van der Waals surface area contributed by atoms with E-state index in [0.29, 0.717) is 31.9 Å². The molecule has 0 atom stereocenters. The fraction of sp³-hybridized carbons (Fsp3) is 0.353. The van der Waals surface area contributed by atoms with Gasteiger partial charge in [-0.1, -0.05) is 29.8 Å². The van der Waals surface area contributed by atoms with Gasteiger partial charge < -0.3 is 25.5 Å². The van der Waals surface area contributed by atoms with Crippen molar-refractivity contribution >= 4 is 46.6 Å². The van der Waals surface area contributed by atoms with Gasteiger partial charge in [-0.05, 0) is 12.1 Å². The molecule has 0 radical (unpaired) electrons. The zero-order valence-corrected chi connectivity index (χ0v) is 16.0. The second-order valence-corrected chi connectivity index (χ2v) is 6.63. The molecule has 1 aliphatic heterocycles. The fourth-order valence-electron chi connectivity index (χ4n) is 2.51. The summed E-state index contributed by atoms with van der Waals surface area (Å²) in [6.07, 6.45) is 1.10. The van der Waals surface area contributed by atoms with Gasteiger partial charge in [0.2, 0.25) is 17.7 Å². The minimum Gasteiger partial charge on any atom is -0.506 e. The number of benzene rings is 1. The van der Waals surface area contributed by atoms with Gasteiger partial charge in [0, 0.05) is 32.2 Å². The summed E-state index contributed by atoms with van der Waals surface area (Å²) in [5.74, 6) is -0.897. The number of rotatable bonds is 6. The summed E-state index contributed by atoms with van der Waals surface area (Å²) < 4.78 is 0. The van der Waals surface area contributed by atoms with Crippen molar-refractivity contribution in [1.29, 1.82) is 0 Å². The lowest BCUT2D eigenvalue weighted by Gasteiger charge is -2.35. The lowest BCUT2D eigenvalue weighted by atomic mass is 10.2. The summed E-state index contributed by atoms with van der Waals surface area (Å²) in [5, 5.41) is 15.6. The number of nitrogens with one attached hydrogen (secondary N) is 2. The van der Waals surface area contributed by atoms with Gasteiger partial charge in [-0.25, -0.2) is 0 Å². The second kappa shape index (κ2) is 9.48. The number of phenols is 1. The standard InChI is InChI=1S/C17H20Cl2N4O4/c1-2-15(25)21-10-17(27)23-5-3-22(4-6-23)16(26)9-20-13-7-11(18)12(19)8-14(13)24/h2,7-8,20,24H,1,3-6,9-10H2,(H,21,25). The molecule has 0 bridgehead atoms. The van der Waals surface area contributed by atoms with E-state index in [1.165, 1.54) is 12.1 Å². The fourth-order valence-corrected chi connectivity index (χ4v) is 2.83. The minimum atomic E-state index is -0.409. The molecular weight excluding hydrogens is 395 g/mol. The SMILES string of the molecule is C=CC(=O)NCC(=O)N1CCN(C(=O)CNc2cc(Cl)c(Cl)cc2O)CC1. The van der Waals surface area contributed by atoms with Crippen molar-refractivity contribution in [2.75, 3.05) is 44.6 Å². The highest BCUT2D eigenvalue weighted by Gasteiger charge is 2.24. The molecule has 1 heterocycles. The molecule has 8 nitrogen and oxygen atoms in total. The van der Waals surface area contributed by atoms with Crippen molar-refractivity contribution in [3.63, 3.8) is 0 Å². The lowest BCUT2D eigenvalue weighted by Crippen LogP contribution is -2.53. The number of amides is 3. The molecule has 10 heteroatoms. The van der Waals surface area contributed by atoms with Crippen LogP contribution >= 0.6 is 23.2 Å². The van der Waals surface area contributed by atoms with Crippen molar-refractivity contribution in [3.05, 3.63) is 34.8 Å². The van der Waals surface area contributed by atoms with E-state index < -0.39 is 5.91 Å². The van der Waals surface area contributed by atoms with Crippen LogP contribution in [0, 0.1) is 0 Å². The van der Waals surface area contributed by atoms with Crippen LogP contribution in [0.2, 0.25) is 10.0 Å². The van der Waals surface area contributed by atoms with Crippen LogP contribution in [0.25, 0.3) is 0 Å². The Morgan fingerprint density at radius 3 is 2.11 bits per heavy atom. The highest BCUT2D eigenvalue weighted by atomic mass is 35.5. The van der Waals surface area contributed by atoms with E-state index in [1.807, 2.05) is 0 Å². The third-order valence-electron chi connectivity index (χ3n) is 4.05. The molecule has 0 unspecified atom stereocenters. The first-order chi connectivity index (χ1) is 12.8. The Labute approximate surface area is 166 Å². The number of anilines is 1. The Bertz CT molecular complexity index is 749. The summed E-state index contributed by atoms with van der Waals surface area (Å²) in [5.41, 5.74) is 0.310. The van der Waals surface area contributed by atoms with Gasteiger partial charge in [0.1, 0.15) is 5.75 Å². The average molecular weight is 415 g/mol. The Morgan fingerprint density at radius 2 is 1.56 bits per heavy atom. The topological polar surface area (TPSA) is 102 Å². The maximum absolute atomic E-state index is 12.3. The predicted octanol–water partition coefficient (Wildman–Crippen LogP) is 1.08. The van der Waals surface area contributed by atoms with E-state index in [1.54, 1.807) is 9.80 Å². The normalized spacial score (nSPS) is 13.9. The monoisotopic (exact) mass is 414 g/mol. The van der Waals surface area contributed by atoms with Gasteiger partial charge in [-0.15, -0.1) is 0 Å². The molecule has 3 N–H and O–H groups in total.